The van der Waals surface area contributed by atoms with Crippen LogP contribution in [0.2, 0.25) is 0 Å². The standard InChI is InChI=1S/C20H25NO3/c1-14-5-7-18(8-6-14)23-12-17(4)21-20(22)13-24-19-10-15(2)9-16(3)11-19/h5-11,17H,12-13H2,1-4H3,(H,21,22). The van der Waals surface area contributed by atoms with E-state index in [9.17, 15) is 4.79 Å². The normalized spacial score (nSPS) is 11.7. The lowest BCUT2D eigenvalue weighted by atomic mass is 10.1. The van der Waals surface area contributed by atoms with E-state index in [2.05, 4.69) is 11.4 Å². The predicted molar refractivity (Wildman–Crippen MR) is 95.7 cm³/mol. The summed E-state index contributed by atoms with van der Waals surface area (Å²) in [7, 11) is 0. The Morgan fingerprint density at radius 2 is 1.54 bits per heavy atom. The van der Waals surface area contributed by atoms with E-state index in [0.717, 1.165) is 16.9 Å². The molecular weight excluding hydrogens is 302 g/mol. The summed E-state index contributed by atoms with van der Waals surface area (Å²) in [5.41, 5.74) is 3.42. The van der Waals surface area contributed by atoms with Gasteiger partial charge in [0.15, 0.2) is 6.61 Å². The molecule has 0 spiro atoms. The third-order valence-electron chi connectivity index (χ3n) is 3.49. The van der Waals surface area contributed by atoms with E-state index in [1.807, 2.05) is 64.1 Å². The van der Waals surface area contributed by atoms with Gasteiger partial charge in [-0.15, -0.1) is 0 Å². The molecule has 128 valence electrons. The molecular formula is C20H25NO3. The number of hydrogen-bond donors (Lipinski definition) is 1. The summed E-state index contributed by atoms with van der Waals surface area (Å²) in [5.74, 6) is 1.36. The Balaban J connectivity index is 1.74. The molecule has 0 aromatic heterocycles. The molecule has 0 aliphatic carbocycles. The van der Waals surface area contributed by atoms with Crippen molar-refractivity contribution >= 4 is 5.91 Å². The summed E-state index contributed by atoms with van der Waals surface area (Å²) >= 11 is 0. The Kier molecular flexibility index (Phi) is 6.24. The van der Waals surface area contributed by atoms with E-state index in [0.29, 0.717) is 12.4 Å². The van der Waals surface area contributed by atoms with Crippen molar-refractivity contribution in [2.45, 2.75) is 33.7 Å². The minimum absolute atomic E-state index is 0.00222. The fraction of sp³-hybridized carbons (Fsp3) is 0.350. The molecule has 0 aliphatic heterocycles. The number of benzene rings is 2. The van der Waals surface area contributed by atoms with Crippen LogP contribution >= 0.6 is 0 Å². The van der Waals surface area contributed by atoms with Crippen LogP contribution in [0.5, 0.6) is 11.5 Å². The van der Waals surface area contributed by atoms with Crippen LogP contribution in [0.4, 0.5) is 0 Å². The zero-order valence-corrected chi connectivity index (χ0v) is 14.8. The number of ether oxygens (including phenoxy) is 2. The van der Waals surface area contributed by atoms with Gasteiger partial charge in [-0.2, -0.15) is 0 Å². The largest absolute Gasteiger partial charge is 0.491 e. The van der Waals surface area contributed by atoms with Gasteiger partial charge in [-0.3, -0.25) is 4.79 Å². The van der Waals surface area contributed by atoms with Crippen molar-refractivity contribution < 1.29 is 14.3 Å². The fourth-order valence-electron chi connectivity index (χ4n) is 2.38. The second-order valence-electron chi connectivity index (χ2n) is 6.20. The molecule has 0 heterocycles. The van der Waals surface area contributed by atoms with Gasteiger partial charge >= 0.3 is 0 Å². The number of carbonyl (C=O) groups excluding carboxylic acids is 1. The lowest BCUT2D eigenvalue weighted by molar-refractivity contribution is -0.123. The second-order valence-corrected chi connectivity index (χ2v) is 6.20. The average molecular weight is 327 g/mol. The van der Waals surface area contributed by atoms with Gasteiger partial charge in [0.2, 0.25) is 0 Å². The van der Waals surface area contributed by atoms with Crippen molar-refractivity contribution in [1.29, 1.82) is 0 Å². The maximum Gasteiger partial charge on any atom is 0.258 e. The average Bonchev–Trinajstić information content (AvgIpc) is 2.51. The molecule has 1 unspecified atom stereocenters. The smallest absolute Gasteiger partial charge is 0.258 e. The Labute approximate surface area is 143 Å². The summed E-state index contributed by atoms with van der Waals surface area (Å²) in [5, 5.41) is 2.87. The molecule has 0 fully saturated rings. The van der Waals surface area contributed by atoms with E-state index in [-0.39, 0.29) is 18.6 Å². The highest BCUT2D eigenvalue weighted by Crippen LogP contribution is 2.16. The number of hydrogen-bond acceptors (Lipinski definition) is 3. The molecule has 2 aromatic rings. The predicted octanol–water partition coefficient (Wildman–Crippen LogP) is 3.57. The minimum atomic E-state index is -0.158. The summed E-state index contributed by atoms with van der Waals surface area (Å²) in [6, 6.07) is 13.7. The van der Waals surface area contributed by atoms with E-state index in [4.69, 9.17) is 9.47 Å². The molecule has 2 aromatic carbocycles. The molecule has 1 atom stereocenters. The number of carbonyl (C=O) groups is 1. The van der Waals surface area contributed by atoms with Crippen LogP contribution in [-0.4, -0.2) is 25.2 Å². The van der Waals surface area contributed by atoms with E-state index < -0.39 is 0 Å². The van der Waals surface area contributed by atoms with Gasteiger partial charge in [-0.1, -0.05) is 23.8 Å². The maximum absolute atomic E-state index is 12.0. The lowest BCUT2D eigenvalue weighted by Crippen LogP contribution is -2.39. The van der Waals surface area contributed by atoms with Crippen molar-refractivity contribution in [1.82, 2.24) is 5.32 Å². The molecule has 1 amide bonds. The van der Waals surface area contributed by atoms with Crippen LogP contribution in [0.25, 0.3) is 0 Å². The Bertz CT molecular complexity index is 660. The second kappa shape index (κ2) is 8.39. The monoisotopic (exact) mass is 327 g/mol. The van der Waals surface area contributed by atoms with Gasteiger partial charge in [0.1, 0.15) is 18.1 Å². The topological polar surface area (TPSA) is 47.6 Å². The Hall–Kier alpha value is -2.49. The summed E-state index contributed by atoms with van der Waals surface area (Å²) in [4.78, 5) is 12.0. The lowest BCUT2D eigenvalue weighted by Gasteiger charge is -2.15. The molecule has 0 bridgehead atoms. The van der Waals surface area contributed by atoms with E-state index in [1.54, 1.807) is 0 Å². The highest BCUT2D eigenvalue weighted by molar-refractivity contribution is 5.77. The molecule has 0 radical (unpaired) electrons. The van der Waals surface area contributed by atoms with E-state index >= 15 is 0 Å². The van der Waals surface area contributed by atoms with Crippen LogP contribution in [0.15, 0.2) is 42.5 Å². The highest BCUT2D eigenvalue weighted by Gasteiger charge is 2.09. The van der Waals surface area contributed by atoms with Gasteiger partial charge < -0.3 is 14.8 Å². The number of aryl methyl sites for hydroxylation is 3. The van der Waals surface area contributed by atoms with Gasteiger partial charge in [0.05, 0.1) is 6.04 Å². The van der Waals surface area contributed by atoms with Gasteiger partial charge in [-0.25, -0.2) is 0 Å². The van der Waals surface area contributed by atoms with Gasteiger partial charge in [0.25, 0.3) is 5.91 Å². The first-order chi connectivity index (χ1) is 11.4. The fourth-order valence-corrected chi connectivity index (χ4v) is 2.38. The molecule has 0 saturated carbocycles. The zero-order chi connectivity index (χ0) is 17.5. The highest BCUT2D eigenvalue weighted by atomic mass is 16.5. The molecule has 1 N–H and O–H groups in total. The molecule has 0 aliphatic rings. The third kappa shape index (κ3) is 5.95. The maximum atomic E-state index is 12.0. The zero-order valence-electron chi connectivity index (χ0n) is 14.8. The number of rotatable bonds is 7. The van der Waals surface area contributed by atoms with Crippen LogP contribution in [-0.2, 0) is 4.79 Å². The van der Waals surface area contributed by atoms with Crippen LogP contribution in [0.3, 0.4) is 0 Å². The quantitative estimate of drug-likeness (QED) is 0.845. The summed E-state index contributed by atoms with van der Waals surface area (Å²) in [6.07, 6.45) is 0. The van der Waals surface area contributed by atoms with E-state index in [1.165, 1.54) is 5.56 Å². The SMILES string of the molecule is Cc1ccc(OCC(C)NC(=O)COc2cc(C)cc(C)c2)cc1. The van der Waals surface area contributed by atoms with Gasteiger partial charge in [0, 0.05) is 0 Å². The minimum Gasteiger partial charge on any atom is -0.491 e. The molecule has 2 rings (SSSR count). The van der Waals surface area contributed by atoms with Crippen molar-refractivity contribution in [3.8, 4) is 11.5 Å². The molecule has 24 heavy (non-hydrogen) atoms. The number of nitrogens with one attached hydrogen (secondary N) is 1. The Morgan fingerprint density at radius 1 is 0.917 bits per heavy atom. The third-order valence-corrected chi connectivity index (χ3v) is 3.49. The first-order valence-electron chi connectivity index (χ1n) is 8.12. The first kappa shape index (κ1) is 17.9. The molecule has 0 saturated heterocycles. The summed E-state index contributed by atoms with van der Waals surface area (Å²) in [6.45, 7) is 8.36. The van der Waals surface area contributed by atoms with Crippen molar-refractivity contribution in [3.63, 3.8) is 0 Å². The first-order valence-corrected chi connectivity index (χ1v) is 8.12. The van der Waals surface area contributed by atoms with Crippen molar-refractivity contribution in [2.24, 2.45) is 0 Å². The molecule has 4 heteroatoms. The van der Waals surface area contributed by atoms with Gasteiger partial charge in [-0.05, 0) is 63.1 Å². The van der Waals surface area contributed by atoms with Crippen molar-refractivity contribution in [3.05, 3.63) is 59.2 Å². The van der Waals surface area contributed by atoms with Crippen LogP contribution in [0.1, 0.15) is 23.6 Å². The summed E-state index contributed by atoms with van der Waals surface area (Å²) < 4.78 is 11.2. The van der Waals surface area contributed by atoms with Crippen LogP contribution < -0.4 is 14.8 Å². The van der Waals surface area contributed by atoms with Crippen LogP contribution in [0, 0.1) is 20.8 Å². The van der Waals surface area contributed by atoms with Crippen molar-refractivity contribution in [2.75, 3.05) is 13.2 Å². The number of amides is 1. The Morgan fingerprint density at radius 3 is 2.17 bits per heavy atom. The molecule has 4 nitrogen and oxygen atoms in total.